The van der Waals surface area contributed by atoms with Crippen LogP contribution in [0.15, 0.2) is 23.1 Å². The maximum Gasteiger partial charge on any atom is 0.137 e. The molecule has 0 aliphatic rings. The lowest BCUT2D eigenvalue weighted by molar-refractivity contribution is 0.592. The van der Waals surface area contributed by atoms with Gasteiger partial charge in [0.25, 0.3) is 0 Å². The van der Waals surface area contributed by atoms with Crippen molar-refractivity contribution in [3.05, 3.63) is 29.6 Å². The molecule has 1 aromatic rings. The Bertz CT molecular complexity index is 276. The summed E-state index contributed by atoms with van der Waals surface area (Å²) in [6.45, 7) is 3.69. The molecule has 13 heavy (non-hydrogen) atoms. The first-order valence-corrected chi connectivity index (χ1v) is 5.54. The summed E-state index contributed by atoms with van der Waals surface area (Å²) in [6, 6.07) is 5.21. The Labute approximate surface area is 82.7 Å². The Morgan fingerprint density at radius 3 is 2.85 bits per heavy atom. The second-order valence-corrected chi connectivity index (χ2v) is 3.53. The minimum atomic E-state index is -0.122. The average Bonchev–Trinajstić information content (AvgIpc) is 2.15. The van der Waals surface area contributed by atoms with Gasteiger partial charge in [0.2, 0.25) is 0 Å². The number of nitrogens with one attached hydrogen (secondary N) is 1. The minimum Gasteiger partial charge on any atom is -0.313 e. The van der Waals surface area contributed by atoms with Crippen molar-refractivity contribution in [3.63, 3.8) is 0 Å². The van der Waals surface area contributed by atoms with Crippen LogP contribution in [0.5, 0.6) is 0 Å². The fourth-order valence-electron chi connectivity index (χ4n) is 1.18. The van der Waals surface area contributed by atoms with E-state index < -0.39 is 0 Å². The SMILES string of the molecule is CCNCc1cccc(F)c1SC. The lowest BCUT2D eigenvalue weighted by Crippen LogP contribution is -2.12. The van der Waals surface area contributed by atoms with E-state index >= 15 is 0 Å². The standard InChI is InChI=1S/C10H14FNS/c1-3-12-7-8-5-4-6-9(11)10(8)13-2/h4-6,12H,3,7H2,1-2H3. The number of halogens is 1. The van der Waals surface area contributed by atoms with Gasteiger partial charge in [0, 0.05) is 11.4 Å². The van der Waals surface area contributed by atoms with Crippen LogP contribution in [0.2, 0.25) is 0 Å². The maximum absolute atomic E-state index is 13.2. The molecule has 0 radical (unpaired) electrons. The summed E-state index contributed by atoms with van der Waals surface area (Å²) in [4.78, 5) is 0.753. The molecule has 0 aliphatic heterocycles. The summed E-state index contributed by atoms with van der Waals surface area (Å²) < 4.78 is 13.2. The molecule has 0 bridgehead atoms. The topological polar surface area (TPSA) is 12.0 Å². The van der Waals surface area contributed by atoms with Crippen molar-refractivity contribution in [2.45, 2.75) is 18.4 Å². The van der Waals surface area contributed by atoms with E-state index in [1.807, 2.05) is 19.2 Å². The Balaban J connectivity index is 2.85. The van der Waals surface area contributed by atoms with E-state index in [1.165, 1.54) is 17.8 Å². The molecule has 3 heteroatoms. The maximum atomic E-state index is 13.2. The molecule has 1 aromatic carbocycles. The van der Waals surface area contributed by atoms with E-state index in [2.05, 4.69) is 5.32 Å². The summed E-state index contributed by atoms with van der Waals surface area (Å²) in [7, 11) is 0. The Kier molecular flexibility index (Phi) is 4.25. The van der Waals surface area contributed by atoms with E-state index in [0.29, 0.717) is 0 Å². The zero-order chi connectivity index (χ0) is 9.68. The van der Waals surface area contributed by atoms with Crippen LogP contribution in [0.25, 0.3) is 0 Å². The average molecular weight is 199 g/mol. The number of benzene rings is 1. The van der Waals surface area contributed by atoms with Crippen molar-refractivity contribution in [2.75, 3.05) is 12.8 Å². The Morgan fingerprint density at radius 2 is 2.23 bits per heavy atom. The van der Waals surface area contributed by atoms with Gasteiger partial charge >= 0.3 is 0 Å². The normalized spacial score (nSPS) is 10.4. The highest BCUT2D eigenvalue weighted by Gasteiger charge is 2.05. The first kappa shape index (κ1) is 10.5. The van der Waals surface area contributed by atoms with Gasteiger partial charge in [-0.3, -0.25) is 0 Å². The fraction of sp³-hybridized carbons (Fsp3) is 0.400. The highest BCUT2D eigenvalue weighted by Crippen LogP contribution is 2.23. The zero-order valence-electron chi connectivity index (χ0n) is 7.93. The van der Waals surface area contributed by atoms with Crippen LogP contribution in [-0.2, 0) is 6.54 Å². The molecular formula is C10H14FNS. The van der Waals surface area contributed by atoms with Crippen molar-refractivity contribution in [1.29, 1.82) is 0 Å². The summed E-state index contributed by atoms with van der Waals surface area (Å²) >= 11 is 1.46. The van der Waals surface area contributed by atoms with E-state index in [1.54, 1.807) is 6.07 Å². The lowest BCUT2D eigenvalue weighted by atomic mass is 10.2. The molecule has 0 amide bonds. The van der Waals surface area contributed by atoms with Gasteiger partial charge in [0.05, 0.1) is 0 Å². The molecule has 0 atom stereocenters. The van der Waals surface area contributed by atoms with Crippen molar-refractivity contribution >= 4 is 11.8 Å². The monoisotopic (exact) mass is 199 g/mol. The smallest absolute Gasteiger partial charge is 0.137 e. The Hall–Kier alpha value is -0.540. The predicted molar refractivity (Wildman–Crippen MR) is 55.6 cm³/mol. The van der Waals surface area contributed by atoms with Gasteiger partial charge in [-0.15, -0.1) is 11.8 Å². The highest BCUT2D eigenvalue weighted by molar-refractivity contribution is 7.98. The van der Waals surface area contributed by atoms with Crippen molar-refractivity contribution < 1.29 is 4.39 Å². The van der Waals surface area contributed by atoms with Crippen LogP contribution in [0.1, 0.15) is 12.5 Å². The highest BCUT2D eigenvalue weighted by atomic mass is 32.2. The summed E-state index contributed by atoms with van der Waals surface area (Å²) in [5.41, 5.74) is 1.04. The first-order chi connectivity index (χ1) is 6.29. The van der Waals surface area contributed by atoms with Gasteiger partial charge in [-0.2, -0.15) is 0 Å². The molecule has 0 saturated carbocycles. The molecule has 0 fully saturated rings. The molecule has 1 rings (SSSR count). The van der Waals surface area contributed by atoms with Gasteiger partial charge in [-0.1, -0.05) is 19.1 Å². The Morgan fingerprint density at radius 1 is 1.46 bits per heavy atom. The third kappa shape index (κ3) is 2.71. The van der Waals surface area contributed by atoms with Crippen LogP contribution < -0.4 is 5.32 Å². The molecule has 1 N–H and O–H groups in total. The third-order valence-electron chi connectivity index (χ3n) is 1.82. The second kappa shape index (κ2) is 5.25. The van der Waals surface area contributed by atoms with Crippen LogP contribution >= 0.6 is 11.8 Å². The van der Waals surface area contributed by atoms with Crippen LogP contribution in [0.4, 0.5) is 4.39 Å². The van der Waals surface area contributed by atoms with E-state index in [0.717, 1.165) is 23.5 Å². The lowest BCUT2D eigenvalue weighted by Gasteiger charge is -2.07. The molecule has 0 heterocycles. The second-order valence-electron chi connectivity index (χ2n) is 2.71. The van der Waals surface area contributed by atoms with Gasteiger partial charge in [-0.25, -0.2) is 4.39 Å². The summed E-state index contributed by atoms with van der Waals surface area (Å²) in [6.07, 6.45) is 1.90. The van der Waals surface area contributed by atoms with E-state index in [4.69, 9.17) is 0 Å². The zero-order valence-corrected chi connectivity index (χ0v) is 8.75. The summed E-state index contributed by atoms with van der Waals surface area (Å²) in [5, 5.41) is 3.19. The molecule has 1 nitrogen and oxygen atoms in total. The molecule has 0 saturated heterocycles. The van der Waals surface area contributed by atoms with Gasteiger partial charge in [-0.05, 0) is 24.4 Å². The number of thioether (sulfide) groups is 1. The number of hydrogen-bond acceptors (Lipinski definition) is 2. The van der Waals surface area contributed by atoms with Crippen molar-refractivity contribution in [3.8, 4) is 0 Å². The molecule has 0 unspecified atom stereocenters. The van der Waals surface area contributed by atoms with Crippen LogP contribution in [0.3, 0.4) is 0 Å². The van der Waals surface area contributed by atoms with Crippen molar-refractivity contribution in [2.24, 2.45) is 0 Å². The largest absolute Gasteiger partial charge is 0.313 e. The molecule has 0 spiro atoms. The summed E-state index contributed by atoms with van der Waals surface area (Å²) in [5.74, 6) is -0.122. The molecule has 0 aromatic heterocycles. The molecular weight excluding hydrogens is 185 g/mol. The first-order valence-electron chi connectivity index (χ1n) is 4.31. The molecule has 0 aliphatic carbocycles. The van der Waals surface area contributed by atoms with E-state index in [-0.39, 0.29) is 5.82 Å². The van der Waals surface area contributed by atoms with Gasteiger partial charge < -0.3 is 5.32 Å². The van der Waals surface area contributed by atoms with Crippen LogP contribution in [0, 0.1) is 5.82 Å². The quantitative estimate of drug-likeness (QED) is 0.748. The number of rotatable bonds is 4. The van der Waals surface area contributed by atoms with Crippen molar-refractivity contribution in [1.82, 2.24) is 5.32 Å². The number of hydrogen-bond donors (Lipinski definition) is 1. The predicted octanol–water partition coefficient (Wildman–Crippen LogP) is 2.66. The van der Waals surface area contributed by atoms with Crippen LogP contribution in [-0.4, -0.2) is 12.8 Å². The van der Waals surface area contributed by atoms with Gasteiger partial charge in [0.15, 0.2) is 0 Å². The van der Waals surface area contributed by atoms with Gasteiger partial charge in [0.1, 0.15) is 5.82 Å². The molecule has 72 valence electrons. The minimum absolute atomic E-state index is 0.122. The fourth-order valence-corrected chi connectivity index (χ4v) is 1.85. The van der Waals surface area contributed by atoms with E-state index in [9.17, 15) is 4.39 Å². The third-order valence-corrected chi connectivity index (χ3v) is 2.68.